The van der Waals surface area contributed by atoms with Crippen LogP contribution in [0.2, 0.25) is 0 Å². The Balaban J connectivity index is 1.72. The van der Waals surface area contributed by atoms with Crippen molar-refractivity contribution in [2.24, 2.45) is 0 Å². The van der Waals surface area contributed by atoms with Gasteiger partial charge in [0.15, 0.2) is 0 Å². The van der Waals surface area contributed by atoms with Gasteiger partial charge in [0.25, 0.3) is 11.5 Å². The van der Waals surface area contributed by atoms with E-state index in [-0.39, 0.29) is 18.8 Å². The Labute approximate surface area is 155 Å². The molecule has 1 aromatic carbocycles. The van der Waals surface area contributed by atoms with Gasteiger partial charge in [-0.05, 0) is 19.1 Å². The second-order valence-corrected chi connectivity index (χ2v) is 6.99. The van der Waals surface area contributed by atoms with Crippen LogP contribution in [0, 0.1) is 0 Å². The zero-order valence-corrected chi connectivity index (χ0v) is 15.2. The second-order valence-electron chi connectivity index (χ2n) is 5.94. The number of thioether (sulfide) groups is 1. The number of ether oxygens (including phenoxy) is 1. The molecule has 8 heteroatoms. The van der Waals surface area contributed by atoms with E-state index < -0.39 is 23.6 Å². The number of hydrogen-bond donors (Lipinski definition) is 2. The van der Waals surface area contributed by atoms with E-state index in [2.05, 4.69) is 9.97 Å². The van der Waals surface area contributed by atoms with Crippen molar-refractivity contribution in [2.45, 2.75) is 29.7 Å². The summed E-state index contributed by atoms with van der Waals surface area (Å²) in [6.07, 6.45) is 0.569. The molecule has 3 rings (SSSR count). The average molecular weight is 375 g/mol. The summed E-state index contributed by atoms with van der Waals surface area (Å²) in [5.74, 6) is 0.561. The zero-order valence-electron chi connectivity index (χ0n) is 14.4. The van der Waals surface area contributed by atoms with Crippen molar-refractivity contribution in [3.8, 4) is 0 Å². The van der Waals surface area contributed by atoms with Gasteiger partial charge in [-0.15, -0.1) is 11.8 Å². The lowest BCUT2D eigenvalue weighted by Crippen LogP contribution is -2.47. The number of aliphatic hydroxyl groups is 1. The van der Waals surface area contributed by atoms with Crippen molar-refractivity contribution >= 4 is 17.7 Å². The van der Waals surface area contributed by atoms with Crippen LogP contribution < -0.4 is 5.56 Å². The van der Waals surface area contributed by atoms with Crippen LogP contribution in [0.5, 0.6) is 0 Å². The number of aromatic nitrogens is 2. The maximum Gasteiger partial charge on any atom is 0.263 e. The first-order chi connectivity index (χ1) is 12.6. The first-order valence-corrected chi connectivity index (χ1v) is 9.41. The Bertz CT molecular complexity index is 812. The first-order valence-electron chi connectivity index (χ1n) is 8.43. The maximum absolute atomic E-state index is 12.7. The number of aromatic amines is 1. The van der Waals surface area contributed by atoms with Crippen LogP contribution in [-0.4, -0.2) is 57.8 Å². The van der Waals surface area contributed by atoms with E-state index in [1.807, 2.05) is 30.3 Å². The molecule has 0 spiro atoms. The number of amides is 1. The summed E-state index contributed by atoms with van der Waals surface area (Å²) in [5.41, 5.74) is -0.500. The SMILES string of the molecule is CCN(C(=O)c1cnc(CSc2ccccc2)[nH]c1=O)[C@@H]1COC[C@H]1O. The maximum atomic E-state index is 12.7. The molecule has 138 valence electrons. The number of aliphatic hydroxyl groups excluding tert-OH is 1. The van der Waals surface area contributed by atoms with Crippen molar-refractivity contribution in [3.63, 3.8) is 0 Å². The van der Waals surface area contributed by atoms with Gasteiger partial charge in [0, 0.05) is 17.6 Å². The van der Waals surface area contributed by atoms with E-state index >= 15 is 0 Å². The summed E-state index contributed by atoms with van der Waals surface area (Å²) in [6.45, 7) is 2.63. The summed E-state index contributed by atoms with van der Waals surface area (Å²) >= 11 is 1.55. The number of nitrogens with one attached hydrogen (secondary N) is 1. The molecule has 1 amide bonds. The van der Waals surface area contributed by atoms with Gasteiger partial charge in [-0.1, -0.05) is 18.2 Å². The highest BCUT2D eigenvalue weighted by molar-refractivity contribution is 7.98. The number of benzene rings is 1. The predicted molar refractivity (Wildman–Crippen MR) is 98.2 cm³/mol. The van der Waals surface area contributed by atoms with E-state index in [0.717, 1.165) is 4.90 Å². The van der Waals surface area contributed by atoms with Crippen molar-refractivity contribution in [1.82, 2.24) is 14.9 Å². The van der Waals surface area contributed by atoms with Gasteiger partial charge in [-0.3, -0.25) is 9.59 Å². The van der Waals surface area contributed by atoms with Crippen molar-refractivity contribution in [3.05, 3.63) is 58.3 Å². The summed E-state index contributed by atoms with van der Waals surface area (Å²) in [7, 11) is 0. The molecule has 1 aromatic heterocycles. The predicted octanol–water partition coefficient (Wildman–Crippen LogP) is 1.28. The normalized spacial score (nSPS) is 19.5. The van der Waals surface area contributed by atoms with Crippen molar-refractivity contribution < 1.29 is 14.6 Å². The lowest BCUT2D eigenvalue weighted by atomic mass is 10.1. The first kappa shape index (κ1) is 18.6. The van der Waals surface area contributed by atoms with Crippen LogP contribution in [-0.2, 0) is 10.5 Å². The molecule has 0 radical (unpaired) electrons. The molecule has 26 heavy (non-hydrogen) atoms. The molecule has 2 heterocycles. The third-order valence-corrected chi connectivity index (χ3v) is 5.25. The monoisotopic (exact) mass is 375 g/mol. The van der Waals surface area contributed by atoms with Crippen LogP contribution in [0.3, 0.4) is 0 Å². The summed E-state index contributed by atoms with van der Waals surface area (Å²) in [5, 5.41) is 9.95. The van der Waals surface area contributed by atoms with Gasteiger partial charge >= 0.3 is 0 Å². The standard InChI is InChI=1S/C18H21N3O4S/c1-2-21(14-9-25-10-15(14)22)18(24)13-8-19-16(20-17(13)23)11-26-12-6-4-3-5-7-12/h3-8,14-15,22H,2,9-11H2,1H3,(H,19,20,23)/t14-,15-/m1/s1. The van der Waals surface area contributed by atoms with Gasteiger partial charge < -0.3 is 19.7 Å². The molecule has 2 atom stereocenters. The molecule has 7 nitrogen and oxygen atoms in total. The Kier molecular flexibility index (Phi) is 6.08. The molecule has 0 saturated carbocycles. The quantitative estimate of drug-likeness (QED) is 0.739. The van der Waals surface area contributed by atoms with E-state index in [0.29, 0.717) is 18.1 Å². The molecule has 2 N–H and O–H groups in total. The number of rotatable bonds is 6. The number of nitrogens with zero attached hydrogens (tertiary/aromatic N) is 2. The van der Waals surface area contributed by atoms with Gasteiger partial charge in [0.05, 0.1) is 31.1 Å². The minimum atomic E-state index is -0.743. The number of H-pyrrole nitrogens is 1. The summed E-state index contributed by atoms with van der Waals surface area (Å²) in [4.78, 5) is 34.5. The number of carbonyl (C=O) groups is 1. The fraction of sp³-hybridized carbons (Fsp3) is 0.389. The third-order valence-electron chi connectivity index (χ3n) is 4.22. The van der Waals surface area contributed by atoms with Crippen LogP contribution >= 0.6 is 11.8 Å². The lowest BCUT2D eigenvalue weighted by Gasteiger charge is -2.28. The lowest BCUT2D eigenvalue weighted by molar-refractivity contribution is 0.0518. The molecule has 1 aliphatic rings. The Morgan fingerprint density at radius 3 is 2.77 bits per heavy atom. The molecule has 0 bridgehead atoms. The molecule has 2 aromatic rings. The van der Waals surface area contributed by atoms with E-state index in [1.54, 1.807) is 18.7 Å². The Morgan fingerprint density at radius 2 is 2.15 bits per heavy atom. The second kappa shape index (κ2) is 8.48. The van der Waals surface area contributed by atoms with Crippen LogP contribution in [0.1, 0.15) is 23.1 Å². The average Bonchev–Trinajstić information content (AvgIpc) is 3.07. The van der Waals surface area contributed by atoms with Crippen LogP contribution in [0.4, 0.5) is 0 Å². The fourth-order valence-corrected chi connectivity index (χ4v) is 3.64. The minimum absolute atomic E-state index is 0.0283. The van der Waals surface area contributed by atoms with E-state index in [1.165, 1.54) is 11.1 Å². The number of carbonyl (C=O) groups excluding carboxylic acids is 1. The van der Waals surface area contributed by atoms with Crippen LogP contribution in [0.25, 0.3) is 0 Å². The molecule has 0 aliphatic carbocycles. The van der Waals surface area contributed by atoms with Gasteiger partial charge in [-0.25, -0.2) is 4.98 Å². The van der Waals surface area contributed by atoms with Crippen molar-refractivity contribution in [1.29, 1.82) is 0 Å². The molecule has 1 aliphatic heterocycles. The van der Waals surface area contributed by atoms with E-state index in [4.69, 9.17) is 4.74 Å². The minimum Gasteiger partial charge on any atom is -0.388 e. The highest BCUT2D eigenvalue weighted by Crippen LogP contribution is 2.20. The van der Waals surface area contributed by atoms with E-state index in [9.17, 15) is 14.7 Å². The summed E-state index contributed by atoms with van der Waals surface area (Å²) in [6, 6.07) is 9.35. The number of hydrogen-bond acceptors (Lipinski definition) is 6. The van der Waals surface area contributed by atoms with Gasteiger partial charge in [0.1, 0.15) is 11.4 Å². The fourth-order valence-electron chi connectivity index (χ4n) is 2.84. The highest BCUT2D eigenvalue weighted by atomic mass is 32.2. The Morgan fingerprint density at radius 1 is 1.38 bits per heavy atom. The van der Waals surface area contributed by atoms with Gasteiger partial charge in [-0.2, -0.15) is 0 Å². The molecular formula is C18H21N3O4S. The van der Waals surface area contributed by atoms with Gasteiger partial charge in [0.2, 0.25) is 0 Å². The highest BCUT2D eigenvalue weighted by Gasteiger charge is 2.34. The van der Waals surface area contributed by atoms with Crippen LogP contribution in [0.15, 0.2) is 46.2 Å². The Hall–Kier alpha value is -2.16. The smallest absolute Gasteiger partial charge is 0.263 e. The molecular weight excluding hydrogens is 354 g/mol. The number of likely N-dealkylation sites (N-methyl/N-ethyl adjacent to an activating group) is 1. The van der Waals surface area contributed by atoms with Crippen molar-refractivity contribution in [2.75, 3.05) is 19.8 Å². The molecule has 1 fully saturated rings. The third kappa shape index (κ3) is 4.14. The molecule has 1 saturated heterocycles. The molecule has 0 unspecified atom stereocenters. The zero-order chi connectivity index (χ0) is 18.5. The summed E-state index contributed by atoms with van der Waals surface area (Å²) < 4.78 is 5.21. The topological polar surface area (TPSA) is 95.5 Å². The largest absolute Gasteiger partial charge is 0.388 e.